The van der Waals surface area contributed by atoms with Crippen LogP contribution in [0.5, 0.6) is 0 Å². The van der Waals surface area contributed by atoms with E-state index in [4.69, 9.17) is 10.2 Å². The zero-order valence-electron chi connectivity index (χ0n) is 15.8. The third-order valence-electron chi connectivity index (χ3n) is 5.14. The van der Waals surface area contributed by atoms with Gasteiger partial charge in [-0.25, -0.2) is 14.5 Å². The summed E-state index contributed by atoms with van der Waals surface area (Å²) in [4.78, 5) is 23.6. The molecule has 0 spiro atoms. The van der Waals surface area contributed by atoms with E-state index >= 15 is 0 Å². The number of anilines is 1. The SMILES string of the molecule is Nc1nc(-c2cccc(C(=O)N3CCCCC3)c2)cn2nc(-c3ccco3)nc12. The first-order valence-electron chi connectivity index (χ1n) is 9.65. The molecular formula is C21H20N6O2. The number of hydrogen-bond donors (Lipinski definition) is 1. The fraction of sp³-hybridized carbons (Fsp3) is 0.238. The zero-order valence-corrected chi connectivity index (χ0v) is 15.8. The maximum Gasteiger partial charge on any atom is 0.253 e. The van der Waals surface area contributed by atoms with Gasteiger partial charge in [-0.05, 0) is 43.5 Å². The first kappa shape index (κ1) is 17.4. The number of amides is 1. The predicted molar refractivity (Wildman–Crippen MR) is 108 cm³/mol. The minimum atomic E-state index is 0.0569. The van der Waals surface area contributed by atoms with E-state index in [0.717, 1.165) is 31.5 Å². The van der Waals surface area contributed by atoms with Crippen LogP contribution in [0.25, 0.3) is 28.5 Å². The highest BCUT2D eigenvalue weighted by Crippen LogP contribution is 2.24. The van der Waals surface area contributed by atoms with Crippen LogP contribution in [0, 0.1) is 0 Å². The molecule has 4 heterocycles. The number of aromatic nitrogens is 4. The van der Waals surface area contributed by atoms with Gasteiger partial charge in [-0.1, -0.05) is 12.1 Å². The molecule has 2 N–H and O–H groups in total. The summed E-state index contributed by atoms with van der Waals surface area (Å²) >= 11 is 0. The lowest BCUT2D eigenvalue weighted by Gasteiger charge is -2.26. The number of carbonyl (C=O) groups is 1. The third-order valence-corrected chi connectivity index (χ3v) is 5.14. The van der Waals surface area contributed by atoms with Gasteiger partial charge in [0.05, 0.1) is 18.2 Å². The van der Waals surface area contributed by atoms with Crippen molar-refractivity contribution in [2.45, 2.75) is 19.3 Å². The van der Waals surface area contributed by atoms with Crippen LogP contribution in [-0.4, -0.2) is 43.5 Å². The molecule has 29 heavy (non-hydrogen) atoms. The Balaban J connectivity index is 1.51. The fourth-order valence-corrected chi connectivity index (χ4v) is 3.65. The number of fused-ring (bicyclic) bond motifs is 1. The summed E-state index contributed by atoms with van der Waals surface area (Å²) in [5.41, 5.74) is 8.67. The van der Waals surface area contributed by atoms with E-state index in [1.54, 1.807) is 29.1 Å². The Morgan fingerprint density at radius 1 is 1.07 bits per heavy atom. The Morgan fingerprint density at radius 3 is 2.72 bits per heavy atom. The molecule has 0 atom stereocenters. The number of piperidine rings is 1. The van der Waals surface area contributed by atoms with Crippen molar-refractivity contribution in [3.05, 3.63) is 54.4 Å². The Labute approximate surface area is 167 Å². The van der Waals surface area contributed by atoms with Crippen LogP contribution < -0.4 is 5.73 Å². The maximum absolute atomic E-state index is 12.8. The molecule has 1 aliphatic rings. The molecule has 8 nitrogen and oxygen atoms in total. The average molecular weight is 388 g/mol. The summed E-state index contributed by atoms with van der Waals surface area (Å²) in [5, 5.41) is 4.45. The summed E-state index contributed by atoms with van der Waals surface area (Å²) in [6.07, 6.45) is 6.63. The number of furan rings is 1. The molecule has 1 amide bonds. The van der Waals surface area contributed by atoms with Crippen molar-refractivity contribution in [3.63, 3.8) is 0 Å². The molecular weight excluding hydrogens is 368 g/mol. The van der Waals surface area contributed by atoms with E-state index in [9.17, 15) is 4.79 Å². The minimum Gasteiger partial charge on any atom is -0.461 e. The van der Waals surface area contributed by atoms with Gasteiger partial charge < -0.3 is 15.1 Å². The summed E-state index contributed by atoms with van der Waals surface area (Å²) in [7, 11) is 0. The van der Waals surface area contributed by atoms with Gasteiger partial charge in [0.25, 0.3) is 5.91 Å². The Bertz CT molecular complexity index is 1180. The second-order valence-corrected chi connectivity index (χ2v) is 7.13. The van der Waals surface area contributed by atoms with Crippen molar-refractivity contribution in [1.29, 1.82) is 0 Å². The minimum absolute atomic E-state index is 0.0569. The van der Waals surface area contributed by atoms with Crippen molar-refractivity contribution in [2.75, 3.05) is 18.8 Å². The zero-order chi connectivity index (χ0) is 19.8. The lowest BCUT2D eigenvalue weighted by Crippen LogP contribution is -2.35. The van der Waals surface area contributed by atoms with Crippen molar-refractivity contribution < 1.29 is 9.21 Å². The highest BCUT2D eigenvalue weighted by Gasteiger charge is 2.19. The normalized spacial score (nSPS) is 14.4. The van der Waals surface area contributed by atoms with Gasteiger partial charge in [0.2, 0.25) is 5.82 Å². The van der Waals surface area contributed by atoms with E-state index in [-0.39, 0.29) is 11.7 Å². The molecule has 1 saturated heterocycles. The molecule has 146 valence electrons. The highest BCUT2D eigenvalue weighted by molar-refractivity contribution is 5.95. The molecule has 3 aromatic heterocycles. The standard InChI is InChI=1S/C21H20N6O2/c22-18-20-24-19(17-8-5-11-29-17)25-27(20)13-16(23-18)14-6-4-7-15(12-14)21(28)26-9-2-1-3-10-26/h4-8,11-13H,1-3,9-10H2,(H2,22,23). The summed E-state index contributed by atoms with van der Waals surface area (Å²) in [6, 6.07) is 11.0. The number of hydrogen-bond acceptors (Lipinski definition) is 6. The summed E-state index contributed by atoms with van der Waals surface area (Å²) in [5.74, 6) is 1.32. The third kappa shape index (κ3) is 3.22. The molecule has 0 radical (unpaired) electrons. The monoisotopic (exact) mass is 388 g/mol. The Morgan fingerprint density at radius 2 is 1.93 bits per heavy atom. The van der Waals surface area contributed by atoms with Crippen molar-refractivity contribution in [2.24, 2.45) is 0 Å². The summed E-state index contributed by atoms with van der Waals surface area (Å²) < 4.78 is 6.95. The van der Waals surface area contributed by atoms with E-state index < -0.39 is 0 Å². The molecule has 1 aromatic carbocycles. The van der Waals surface area contributed by atoms with Crippen molar-refractivity contribution in [1.82, 2.24) is 24.5 Å². The number of rotatable bonds is 3. The smallest absolute Gasteiger partial charge is 0.253 e. The van der Waals surface area contributed by atoms with Crippen LogP contribution in [0.3, 0.4) is 0 Å². The maximum atomic E-state index is 12.8. The van der Waals surface area contributed by atoms with Gasteiger partial charge in [0.15, 0.2) is 17.2 Å². The molecule has 0 aliphatic carbocycles. The first-order chi connectivity index (χ1) is 14.2. The highest BCUT2D eigenvalue weighted by atomic mass is 16.3. The number of benzene rings is 1. The van der Waals surface area contributed by atoms with E-state index in [2.05, 4.69) is 15.1 Å². The largest absolute Gasteiger partial charge is 0.461 e. The number of likely N-dealkylation sites (tertiary alicyclic amines) is 1. The second-order valence-electron chi connectivity index (χ2n) is 7.13. The van der Waals surface area contributed by atoms with Crippen LogP contribution in [0.4, 0.5) is 5.82 Å². The van der Waals surface area contributed by atoms with E-state index in [1.165, 1.54) is 6.42 Å². The van der Waals surface area contributed by atoms with Crippen molar-refractivity contribution in [3.8, 4) is 22.8 Å². The number of nitrogens with two attached hydrogens (primary N) is 1. The fourth-order valence-electron chi connectivity index (χ4n) is 3.65. The molecule has 5 rings (SSSR count). The van der Waals surface area contributed by atoms with Gasteiger partial charge in [-0.2, -0.15) is 0 Å². The van der Waals surface area contributed by atoms with Crippen LogP contribution in [0.1, 0.15) is 29.6 Å². The molecule has 1 aliphatic heterocycles. The van der Waals surface area contributed by atoms with Gasteiger partial charge >= 0.3 is 0 Å². The number of nitrogen functional groups attached to an aromatic ring is 1. The second kappa shape index (κ2) is 7.05. The van der Waals surface area contributed by atoms with Crippen molar-refractivity contribution >= 4 is 17.4 Å². The lowest BCUT2D eigenvalue weighted by molar-refractivity contribution is 0.0724. The van der Waals surface area contributed by atoms with Crippen LogP contribution in [-0.2, 0) is 0 Å². The molecule has 0 bridgehead atoms. The molecule has 0 unspecified atom stereocenters. The van der Waals surface area contributed by atoms with Gasteiger partial charge in [-0.15, -0.1) is 5.10 Å². The number of carbonyl (C=O) groups excluding carboxylic acids is 1. The molecule has 8 heteroatoms. The van der Waals surface area contributed by atoms with Crippen LogP contribution >= 0.6 is 0 Å². The first-order valence-corrected chi connectivity index (χ1v) is 9.65. The van der Waals surface area contributed by atoms with Gasteiger partial charge in [0.1, 0.15) is 0 Å². The average Bonchev–Trinajstić information content (AvgIpc) is 3.44. The Kier molecular flexibility index (Phi) is 4.23. The van der Waals surface area contributed by atoms with Crippen LogP contribution in [0.15, 0.2) is 53.3 Å². The van der Waals surface area contributed by atoms with Gasteiger partial charge in [0, 0.05) is 24.2 Å². The van der Waals surface area contributed by atoms with Crippen LogP contribution in [0.2, 0.25) is 0 Å². The molecule has 0 saturated carbocycles. The molecule has 1 fully saturated rings. The lowest BCUT2D eigenvalue weighted by atomic mass is 10.1. The van der Waals surface area contributed by atoms with E-state index in [0.29, 0.717) is 28.5 Å². The quantitative estimate of drug-likeness (QED) is 0.578. The Hall–Kier alpha value is -3.68. The summed E-state index contributed by atoms with van der Waals surface area (Å²) in [6.45, 7) is 1.63. The number of nitrogens with zero attached hydrogens (tertiary/aromatic N) is 5. The predicted octanol–water partition coefficient (Wildman–Crippen LogP) is 3.26. The molecule has 4 aromatic rings. The topological polar surface area (TPSA) is 103 Å². The van der Waals surface area contributed by atoms with E-state index in [1.807, 2.05) is 29.2 Å². The van der Waals surface area contributed by atoms with Gasteiger partial charge in [-0.3, -0.25) is 4.79 Å².